The lowest BCUT2D eigenvalue weighted by molar-refractivity contribution is -0.127. The summed E-state index contributed by atoms with van der Waals surface area (Å²) in [5.74, 6) is -0.899. The van der Waals surface area contributed by atoms with Crippen LogP contribution in [0.4, 0.5) is 10.5 Å². The summed E-state index contributed by atoms with van der Waals surface area (Å²) in [5.41, 5.74) is 1.47. The maximum atomic E-state index is 13.1. The zero-order valence-electron chi connectivity index (χ0n) is 17.2. The van der Waals surface area contributed by atoms with Crippen molar-refractivity contribution in [3.63, 3.8) is 0 Å². The lowest BCUT2D eigenvalue weighted by Gasteiger charge is -2.12. The van der Waals surface area contributed by atoms with E-state index >= 15 is 0 Å². The summed E-state index contributed by atoms with van der Waals surface area (Å²) in [6, 6.07) is 25.1. The van der Waals surface area contributed by atoms with Gasteiger partial charge in [0.25, 0.3) is 11.1 Å². The molecule has 1 saturated heterocycles. The van der Waals surface area contributed by atoms with E-state index in [9.17, 15) is 14.4 Å². The quantitative estimate of drug-likeness (QED) is 0.250. The van der Waals surface area contributed by atoms with Gasteiger partial charge in [-0.25, -0.2) is 0 Å². The van der Waals surface area contributed by atoms with E-state index in [1.54, 1.807) is 30.3 Å². The average molecular weight is 517 g/mol. The highest BCUT2D eigenvalue weighted by molar-refractivity contribution is 9.10. The molecule has 0 aliphatic carbocycles. The van der Waals surface area contributed by atoms with E-state index in [-0.39, 0.29) is 6.54 Å². The van der Waals surface area contributed by atoms with E-state index in [4.69, 9.17) is 0 Å². The van der Waals surface area contributed by atoms with Gasteiger partial charge in [0.05, 0.1) is 4.91 Å². The Kier molecular flexibility index (Phi) is 5.74. The number of anilines is 1. The average Bonchev–Trinajstić information content (AvgIpc) is 3.07. The van der Waals surface area contributed by atoms with Crippen LogP contribution >= 0.6 is 27.7 Å². The van der Waals surface area contributed by atoms with Gasteiger partial charge >= 0.3 is 0 Å². The summed E-state index contributed by atoms with van der Waals surface area (Å²) in [5, 5.41) is 6.35. The molecule has 3 amide bonds. The first-order chi connectivity index (χ1) is 16.0. The van der Waals surface area contributed by atoms with Gasteiger partial charge in [0.2, 0.25) is 5.91 Å². The van der Waals surface area contributed by atoms with E-state index in [1.165, 1.54) is 0 Å². The predicted molar refractivity (Wildman–Crippen MR) is 137 cm³/mol. The van der Waals surface area contributed by atoms with Crippen LogP contribution < -0.4 is 5.32 Å². The molecule has 4 aromatic carbocycles. The minimum Gasteiger partial charge on any atom is -0.325 e. The van der Waals surface area contributed by atoms with Crippen LogP contribution in [0.1, 0.15) is 5.56 Å². The largest absolute Gasteiger partial charge is 0.325 e. The summed E-state index contributed by atoms with van der Waals surface area (Å²) in [4.78, 5) is 39.4. The van der Waals surface area contributed by atoms with E-state index in [0.717, 1.165) is 48.2 Å². The molecule has 0 aromatic heterocycles. The molecular formula is C26H17BrN2O3S. The van der Waals surface area contributed by atoms with Crippen molar-refractivity contribution in [2.45, 2.75) is 0 Å². The zero-order valence-corrected chi connectivity index (χ0v) is 19.7. The number of carbonyl (C=O) groups excluding carboxylic acids is 3. The number of benzene rings is 4. The normalized spacial score (nSPS) is 15.1. The number of imide groups is 1. The van der Waals surface area contributed by atoms with Crippen molar-refractivity contribution in [3.8, 4) is 0 Å². The first-order valence-electron chi connectivity index (χ1n) is 10.2. The fourth-order valence-electron chi connectivity index (χ4n) is 3.85. The molecule has 0 atom stereocenters. The Morgan fingerprint density at radius 3 is 2.15 bits per heavy atom. The van der Waals surface area contributed by atoms with Crippen LogP contribution in [0.3, 0.4) is 0 Å². The van der Waals surface area contributed by atoms with E-state index < -0.39 is 17.1 Å². The molecule has 162 valence electrons. The van der Waals surface area contributed by atoms with Gasteiger partial charge in [-0.2, -0.15) is 0 Å². The van der Waals surface area contributed by atoms with Crippen LogP contribution in [-0.4, -0.2) is 28.5 Å². The number of fused-ring (bicyclic) bond motifs is 2. The number of rotatable bonds is 4. The molecule has 0 bridgehead atoms. The van der Waals surface area contributed by atoms with Crippen LogP contribution in [-0.2, 0) is 9.59 Å². The lowest BCUT2D eigenvalue weighted by Crippen LogP contribution is -2.36. The Labute approximate surface area is 202 Å². The van der Waals surface area contributed by atoms with Crippen LogP contribution in [0.2, 0.25) is 0 Å². The molecule has 7 heteroatoms. The number of thioether (sulfide) groups is 1. The zero-order chi connectivity index (χ0) is 22.9. The van der Waals surface area contributed by atoms with Crippen molar-refractivity contribution in [3.05, 3.63) is 93.8 Å². The monoisotopic (exact) mass is 516 g/mol. The van der Waals surface area contributed by atoms with E-state index in [0.29, 0.717) is 10.6 Å². The number of hydrogen-bond acceptors (Lipinski definition) is 4. The SMILES string of the molecule is O=C(CN1C(=O)S/C(=C/c2c3ccccc3cc3ccccc23)C1=O)Nc1ccc(Br)cc1. The highest BCUT2D eigenvalue weighted by Crippen LogP contribution is 2.36. The fourth-order valence-corrected chi connectivity index (χ4v) is 4.93. The molecule has 0 spiro atoms. The summed E-state index contributed by atoms with van der Waals surface area (Å²) in [6.07, 6.45) is 1.77. The molecule has 0 saturated carbocycles. The first-order valence-corrected chi connectivity index (χ1v) is 11.8. The number of amides is 3. The smallest absolute Gasteiger partial charge is 0.294 e. The topological polar surface area (TPSA) is 66.5 Å². The molecule has 1 aliphatic heterocycles. The number of nitrogens with zero attached hydrogens (tertiary/aromatic N) is 1. The van der Waals surface area contributed by atoms with E-state index in [2.05, 4.69) is 27.3 Å². The Hall–Kier alpha value is -3.42. The van der Waals surface area contributed by atoms with Crippen molar-refractivity contribution in [1.82, 2.24) is 4.90 Å². The summed E-state index contributed by atoms with van der Waals surface area (Å²) in [7, 11) is 0. The predicted octanol–water partition coefficient (Wildman–Crippen LogP) is 6.43. The van der Waals surface area contributed by atoms with E-state index in [1.807, 2.05) is 48.5 Å². The molecule has 4 aromatic rings. The van der Waals surface area contributed by atoms with Gasteiger partial charge in [-0.05, 0) is 75.3 Å². The Balaban J connectivity index is 1.45. The fraction of sp³-hybridized carbons (Fsp3) is 0.0385. The van der Waals surface area contributed by atoms with Crippen LogP contribution in [0.15, 0.2) is 88.2 Å². The molecule has 0 radical (unpaired) electrons. The molecule has 1 heterocycles. The molecule has 0 unspecified atom stereocenters. The second-order valence-corrected chi connectivity index (χ2v) is 9.46. The molecule has 33 heavy (non-hydrogen) atoms. The summed E-state index contributed by atoms with van der Waals surface area (Å²) >= 11 is 4.20. The van der Waals surface area contributed by atoms with Crippen molar-refractivity contribution in [1.29, 1.82) is 0 Å². The highest BCUT2D eigenvalue weighted by atomic mass is 79.9. The van der Waals surface area contributed by atoms with Crippen LogP contribution in [0.25, 0.3) is 27.6 Å². The minimum atomic E-state index is -0.465. The van der Waals surface area contributed by atoms with Gasteiger partial charge in [0.1, 0.15) is 6.54 Å². The molecule has 1 N–H and O–H groups in total. The highest BCUT2D eigenvalue weighted by Gasteiger charge is 2.36. The maximum Gasteiger partial charge on any atom is 0.294 e. The van der Waals surface area contributed by atoms with Crippen molar-refractivity contribution in [2.75, 3.05) is 11.9 Å². The van der Waals surface area contributed by atoms with Gasteiger partial charge in [0.15, 0.2) is 0 Å². The van der Waals surface area contributed by atoms with Gasteiger partial charge < -0.3 is 5.32 Å². The van der Waals surface area contributed by atoms with Gasteiger partial charge in [-0.3, -0.25) is 19.3 Å². The van der Waals surface area contributed by atoms with Crippen molar-refractivity contribution >= 4 is 78.1 Å². The van der Waals surface area contributed by atoms with Crippen LogP contribution in [0.5, 0.6) is 0 Å². The second-order valence-electron chi connectivity index (χ2n) is 7.56. The third-order valence-electron chi connectivity index (χ3n) is 5.39. The van der Waals surface area contributed by atoms with Gasteiger partial charge in [0, 0.05) is 10.2 Å². The maximum absolute atomic E-state index is 13.1. The summed E-state index contributed by atoms with van der Waals surface area (Å²) in [6.45, 7) is -0.339. The summed E-state index contributed by atoms with van der Waals surface area (Å²) < 4.78 is 0.887. The molecule has 5 nitrogen and oxygen atoms in total. The van der Waals surface area contributed by atoms with Crippen LogP contribution in [0, 0.1) is 0 Å². The third kappa shape index (κ3) is 4.29. The molecule has 1 fully saturated rings. The number of carbonyl (C=O) groups is 3. The van der Waals surface area contributed by atoms with Gasteiger partial charge in [-0.1, -0.05) is 64.5 Å². The Morgan fingerprint density at radius 2 is 1.52 bits per heavy atom. The molecule has 1 aliphatic rings. The third-order valence-corrected chi connectivity index (χ3v) is 6.83. The number of hydrogen-bond donors (Lipinski definition) is 1. The second kappa shape index (κ2) is 8.84. The standard InChI is InChI=1S/C26H17BrN2O3S/c27-18-9-11-19(12-10-18)28-24(30)15-29-25(31)23(33-26(29)32)14-22-20-7-3-1-5-16(20)13-17-6-2-4-8-21(17)22/h1-14H,15H2,(H,28,30)/b23-14+. The first kappa shape index (κ1) is 21.4. The minimum absolute atomic E-state index is 0.304. The van der Waals surface area contributed by atoms with Gasteiger partial charge in [-0.15, -0.1) is 0 Å². The van der Waals surface area contributed by atoms with Crippen molar-refractivity contribution < 1.29 is 14.4 Å². The number of halogens is 1. The molecule has 5 rings (SSSR count). The lowest BCUT2D eigenvalue weighted by atomic mass is 9.96. The van der Waals surface area contributed by atoms with Crippen molar-refractivity contribution in [2.24, 2.45) is 0 Å². The molecular weight excluding hydrogens is 500 g/mol. The Bertz CT molecular complexity index is 1410. The number of nitrogens with one attached hydrogen (secondary N) is 1. The Morgan fingerprint density at radius 1 is 0.909 bits per heavy atom.